The Morgan fingerprint density at radius 3 is 1.60 bits per heavy atom. The van der Waals surface area contributed by atoms with Crippen molar-refractivity contribution in [2.45, 2.75) is 33.1 Å². The van der Waals surface area contributed by atoms with Gasteiger partial charge in [-0.2, -0.15) is 0 Å². The van der Waals surface area contributed by atoms with Crippen LogP contribution >= 0.6 is 11.3 Å². The van der Waals surface area contributed by atoms with Crippen molar-refractivity contribution < 1.29 is 31.7 Å². The number of aromatic carboxylic acids is 1. The normalized spacial score (nSPS) is 15.6. The van der Waals surface area contributed by atoms with Gasteiger partial charge in [-0.25, -0.2) is 9.37 Å². The Balaban J connectivity index is 0.000000216. The van der Waals surface area contributed by atoms with Crippen LogP contribution in [-0.4, -0.2) is 99.7 Å². The maximum absolute atomic E-state index is 13.0. The van der Waals surface area contributed by atoms with Crippen LogP contribution in [0.25, 0.3) is 5.57 Å². The number of carbonyl (C=O) groups excluding carboxylic acids is 1. The van der Waals surface area contributed by atoms with E-state index in [4.69, 9.17) is 0 Å². The summed E-state index contributed by atoms with van der Waals surface area (Å²) in [7, 11) is 12.5. The van der Waals surface area contributed by atoms with Crippen LogP contribution in [0.1, 0.15) is 42.3 Å². The molecule has 0 saturated heterocycles. The molecular weight excluding hydrogens is 756 g/mol. The van der Waals surface area contributed by atoms with Gasteiger partial charge in [0.05, 0.1) is 0 Å². The molecule has 55 heavy (non-hydrogen) atoms. The maximum Gasteiger partial charge on any atom is 0.346 e. The minimum atomic E-state index is -2.02. The number of thiophene rings is 1. The van der Waals surface area contributed by atoms with E-state index in [-0.39, 0.29) is 18.2 Å². The molecule has 0 spiro atoms. The summed E-state index contributed by atoms with van der Waals surface area (Å²) in [6, 6.07) is 19.2. The third-order valence-electron chi connectivity index (χ3n) is 11.2. The van der Waals surface area contributed by atoms with E-state index in [0.29, 0.717) is 4.88 Å². The highest BCUT2D eigenvalue weighted by Gasteiger charge is 2.42. The van der Waals surface area contributed by atoms with Gasteiger partial charge in [0.25, 0.3) is 0 Å². The summed E-state index contributed by atoms with van der Waals surface area (Å²) < 4.78 is 2.13. The predicted molar refractivity (Wildman–Crippen MR) is 236 cm³/mol. The smallest absolute Gasteiger partial charge is 0.346 e. The van der Waals surface area contributed by atoms with Crippen LogP contribution in [0.5, 0.6) is 0 Å². The Kier molecular flexibility index (Phi) is 11.5. The fourth-order valence-corrected chi connectivity index (χ4v) is 14.9. The molecule has 7 rings (SSSR count). The van der Waals surface area contributed by atoms with Crippen molar-refractivity contribution in [3.05, 3.63) is 122 Å². The highest BCUT2D eigenvalue weighted by molar-refractivity contribution is 7.12. The highest BCUT2D eigenvalue weighted by Crippen LogP contribution is 2.44. The van der Waals surface area contributed by atoms with Crippen LogP contribution in [0.4, 0.5) is 17.1 Å². The number of carboxylic acids is 1. The van der Waals surface area contributed by atoms with Gasteiger partial charge in [-0.15, -0.1) is 11.3 Å². The SMILES string of the molecule is CN(C)c1ccc2c(c1)[Si](C)(C)c1cc(N(C)C)ccc1C2=O.Cc1csc(C(=O)O)c1C1=C2C=CC(=[N+](C)C)C=C2[Si](C)(C)c2cc(N(C)C)ccc21.[Cl-]. The fourth-order valence-electron chi connectivity index (χ4n) is 7.90. The molecule has 288 valence electrons. The second-order valence-corrected chi connectivity index (χ2v) is 25.9. The van der Waals surface area contributed by atoms with Gasteiger partial charge in [0.2, 0.25) is 0 Å². The molecule has 4 aromatic rings. The first-order chi connectivity index (χ1) is 25.3. The molecular formula is C44H53ClN4O3SSi2. The van der Waals surface area contributed by atoms with Crippen molar-refractivity contribution in [2.75, 3.05) is 71.1 Å². The Morgan fingerprint density at radius 1 is 0.709 bits per heavy atom. The molecule has 7 nitrogen and oxygen atoms in total. The van der Waals surface area contributed by atoms with Gasteiger partial charge >= 0.3 is 5.97 Å². The van der Waals surface area contributed by atoms with E-state index in [9.17, 15) is 14.7 Å². The number of aryl methyl sites for hydroxylation is 1. The summed E-state index contributed by atoms with van der Waals surface area (Å²) in [4.78, 5) is 31.8. The standard InChI is InChI=1S/C25H28N2O2SSi.C19H24N2OSi.ClH/c1-15-14-30-24(25(28)29)22(15)23-18-10-8-16(26(2)3)12-20(18)31(6,7)21-13-17(27(4)5)9-11-19(21)23;1-20(2)13-7-9-15-17(11-13)23(5,6)18-12-14(21(3)4)8-10-16(18)19(15)22;/h8-14H,1-7H3;7-12H,1-6H3;1H. The quantitative estimate of drug-likeness (QED) is 0.246. The molecule has 2 aliphatic heterocycles. The number of hydrogen-bond acceptors (Lipinski definition) is 6. The second kappa shape index (κ2) is 15.2. The average molecular weight is 810 g/mol. The molecule has 1 N–H and O–H groups in total. The minimum Gasteiger partial charge on any atom is -1.00 e. The molecule has 0 amide bonds. The summed E-state index contributed by atoms with van der Waals surface area (Å²) in [6.07, 6.45) is 6.65. The van der Waals surface area contributed by atoms with E-state index in [1.54, 1.807) is 0 Å². The first kappa shape index (κ1) is 41.7. The predicted octanol–water partition coefficient (Wildman–Crippen LogP) is 3.49. The highest BCUT2D eigenvalue weighted by atomic mass is 35.5. The molecule has 11 heteroatoms. The van der Waals surface area contributed by atoms with Crippen LogP contribution < -0.4 is 42.7 Å². The van der Waals surface area contributed by atoms with E-state index in [1.165, 1.54) is 54.6 Å². The minimum absolute atomic E-state index is 0. The Morgan fingerprint density at radius 2 is 1.16 bits per heavy atom. The van der Waals surface area contributed by atoms with Crippen molar-refractivity contribution in [3.63, 3.8) is 0 Å². The number of nitrogens with zero attached hydrogens (tertiary/aromatic N) is 4. The summed E-state index contributed by atoms with van der Waals surface area (Å²) >= 11 is 1.32. The number of carbonyl (C=O) groups is 2. The van der Waals surface area contributed by atoms with Crippen LogP contribution in [0.2, 0.25) is 26.2 Å². The molecule has 0 radical (unpaired) electrons. The molecule has 0 bridgehead atoms. The molecule has 3 aromatic carbocycles. The van der Waals surface area contributed by atoms with Gasteiger partial charge in [-0.3, -0.25) is 4.79 Å². The summed E-state index contributed by atoms with van der Waals surface area (Å²) in [5.41, 5.74) is 11.7. The number of allylic oxidation sites excluding steroid dienone is 5. The van der Waals surface area contributed by atoms with Crippen LogP contribution in [-0.2, 0) is 0 Å². The molecule has 0 fully saturated rings. The lowest BCUT2D eigenvalue weighted by Gasteiger charge is -2.38. The lowest BCUT2D eigenvalue weighted by atomic mass is 9.88. The van der Waals surface area contributed by atoms with Gasteiger partial charge in [0.15, 0.2) is 11.5 Å². The lowest BCUT2D eigenvalue weighted by molar-refractivity contribution is -0.462. The van der Waals surface area contributed by atoms with Crippen molar-refractivity contribution >= 4 is 83.1 Å². The second-order valence-electron chi connectivity index (χ2n) is 16.4. The van der Waals surface area contributed by atoms with Crippen molar-refractivity contribution in [3.8, 4) is 0 Å². The molecule has 1 aromatic heterocycles. The van der Waals surface area contributed by atoms with E-state index < -0.39 is 22.1 Å². The van der Waals surface area contributed by atoms with Crippen molar-refractivity contribution in [2.24, 2.45) is 0 Å². The Hall–Kier alpha value is -4.49. The maximum atomic E-state index is 13.0. The number of halogens is 1. The Bertz CT molecular complexity index is 2300. The fraction of sp³-hybridized carbons (Fsp3) is 0.295. The van der Waals surface area contributed by atoms with Gasteiger partial charge < -0.3 is 32.2 Å². The van der Waals surface area contributed by atoms with Gasteiger partial charge in [-0.05, 0) is 110 Å². The van der Waals surface area contributed by atoms with Crippen molar-refractivity contribution in [1.82, 2.24) is 0 Å². The number of hydrogen-bond donors (Lipinski definition) is 1. The summed E-state index contributed by atoms with van der Waals surface area (Å²) in [6.45, 7) is 11.5. The van der Waals surface area contributed by atoms with Crippen LogP contribution in [0.3, 0.4) is 0 Å². The van der Waals surface area contributed by atoms with Crippen molar-refractivity contribution in [1.29, 1.82) is 0 Å². The van der Waals surface area contributed by atoms with E-state index in [2.05, 4.69) is 122 Å². The first-order valence-electron chi connectivity index (χ1n) is 18.3. The monoisotopic (exact) mass is 808 g/mol. The number of benzene rings is 3. The third kappa shape index (κ3) is 7.21. The zero-order valence-corrected chi connectivity index (χ0v) is 37.9. The van der Waals surface area contributed by atoms with E-state index in [0.717, 1.165) is 39.2 Å². The van der Waals surface area contributed by atoms with Gasteiger partial charge in [-0.1, -0.05) is 32.3 Å². The molecule has 1 aliphatic carbocycles. The van der Waals surface area contributed by atoms with E-state index in [1.807, 2.05) is 64.8 Å². The molecule has 3 aliphatic rings. The van der Waals surface area contributed by atoms with Crippen LogP contribution in [0, 0.1) is 6.92 Å². The van der Waals surface area contributed by atoms with E-state index >= 15 is 0 Å². The topological polar surface area (TPSA) is 67.1 Å². The zero-order valence-electron chi connectivity index (χ0n) is 34.3. The summed E-state index contributed by atoms with van der Waals surface area (Å²) in [5.74, 6) is -0.696. The molecule has 0 atom stereocenters. The average Bonchev–Trinajstić information content (AvgIpc) is 3.51. The number of ketones is 1. The molecule has 0 saturated carbocycles. The van der Waals surface area contributed by atoms with Gasteiger partial charge in [0.1, 0.15) is 35.1 Å². The zero-order chi connectivity index (χ0) is 39.6. The van der Waals surface area contributed by atoms with Crippen LogP contribution in [0.15, 0.2) is 89.0 Å². The number of fused-ring (bicyclic) bond motifs is 4. The number of anilines is 3. The first-order valence-corrected chi connectivity index (χ1v) is 25.2. The number of carboxylic acid groups (broad SMARTS) is 1. The Labute approximate surface area is 339 Å². The third-order valence-corrected chi connectivity index (χ3v) is 19.3. The number of rotatable bonds is 5. The molecule has 0 unspecified atom stereocenters. The molecule has 3 heterocycles. The van der Waals surface area contributed by atoms with Gasteiger partial charge in [0, 0.05) is 88.2 Å². The largest absolute Gasteiger partial charge is 1.00 e. The summed E-state index contributed by atoms with van der Waals surface area (Å²) in [5, 5.41) is 17.1. The lowest BCUT2D eigenvalue weighted by Crippen LogP contribution is -3.00.